The Morgan fingerprint density at radius 1 is 1.62 bits per heavy atom. The van der Waals surface area contributed by atoms with Gasteiger partial charge in [-0.3, -0.25) is 4.90 Å². The van der Waals surface area contributed by atoms with Crippen molar-refractivity contribution in [1.82, 2.24) is 10.2 Å². The number of hydrogen-bond acceptors (Lipinski definition) is 2. The standard InChI is InChI=1S/C11H22N2/c1-4-12-7-11(3)9-13-6-5-10(2)8-13/h10,12H,3-9H2,1-2H3. The first-order chi connectivity index (χ1) is 6.22. The molecule has 76 valence electrons. The van der Waals surface area contributed by atoms with Gasteiger partial charge in [-0.05, 0) is 31.0 Å². The van der Waals surface area contributed by atoms with Crippen LogP contribution in [0.15, 0.2) is 12.2 Å². The fourth-order valence-electron chi connectivity index (χ4n) is 1.84. The molecule has 0 aromatic carbocycles. The van der Waals surface area contributed by atoms with Crippen LogP contribution in [-0.2, 0) is 0 Å². The number of nitrogens with zero attached hydrogens (tertiary/aromatic N) is 1. The lowest BCUT2D eigenvalue weighted by Crippen LogP contribution is -2.27. The van der Waals surface area contributed by atoms with Gasteiger partial charge in [0.2, 0.25) is 0 Å². The Bertz CT molecular complexity index is 165. The molecule has 0 aromatic heterocycles. The molecule has 13 heavy (non-hydrogen) atoms. The molecule has 0 aromatic rings. The van der Waals surface area contributed by atoms with Crippen LogP contribution in [0.5, 0.6) is 0 Å². The summed E-state index contributed by atoms with van der Waals surface area (Å²) in [7, 11) is 0. The Balaban J connectivity index is 2.13. The van der Waals surface area contributed by atoms with E-state index >= 15 is 0 Å². The van der Waals surface area contributed by atoms with Gasteiger partial charge >= 0.3 is 0 Å². The predicted octanol–water partition coefficient (Wildman–Crippen LogP) is 1.49. The molecule has 1 unspecified atom stereocenters. The third kappa shape index (κ3) is 3.92. The zero-order valence-corrected chi connectivity index (χ0v) is 8.97. The van der Waals surface area contributed by atoms with Crippen molar-refractivity contribution in [2.75, 3.05) is 32.7 Å². The summed E-state index contributed by atoms with van der Waals surface area (Å²) in [5, 5.41) is 3.31. The highest BCUT2D eigenvalue weighted by atomic mass is 15.1. The van der Waals surface area contributed by atoms with Crippen LogP contribution in [-0.4, -0.2) is 37.6 Å². The minimum atomic E-state index is 0.881. The van der Waals surface area contributed by atoms with Gasteiger partial charge < -0.3 is 5.32 Å². The molecule has 0 bridgehead atoms. The molecule has 1 aliphatic heterocycles. The summed E-state index contributed by atoms with van der Waals surface area (Å²) in [6.45, 7) is 14.1. The average Bonchev–Trinajstić information content (AvgIpc) is 2.48. The monoisotopic (exact) mass is 182 g/mol. The fraction of sp³-hybridized carbons (Fsp3) is 0.818. The Hall–Kier alpha value is -0.340. The van der Waals surface area contributed by atoms with E-state index in [1.54, 1.807) is 0 Å². The molecule has 1 N–H and O–H groups in total. The number of likely N-dealkylation sites (tertiary alicyclic amines) is 1. The largest absolute Gasteiger partial charge is 0.313 e. The van der Waals surface area contributed by atoms with Crippen LogP contribution in [0, 0.1) is 5.92 Å². The molecule has 0 amide bonds. The Morgan fingerprint density at radius 2 is 2.38 bits per heavy atom. The van der Waals surface area contributed by atoms with Gasteiger partial charge in [0.25, 0.3) is 0 Å². The second kappa shape index (κ2) is 5.40. The van der Waals surface area contributed by atoms with E-state index in [2.05, 4.69) is 30.6 Å². The SMILES string of the molecule is C=C(CNCC)CN1CCC(C)C1. The Labute approximate surface area is 82.0 Å². The summed E-state index contributed by atoms with van der Waals surface area (Å²) in [4.78, 5) is 2.50. The maximum Gasteiger partial charge on any atom is 0.0202 e. The van der Waals surface area contributed by atoms with Gasteiger partial charge in [0.05, 0.1) is 0 Å². The van der Waals surface area contributed by atoms with Gasteiger partial charge in [-0.2, -0.15) is 0 Å². The average molecular weight is 182 g/mol. The van der Waals surface area contributed by atoms with Crippen LogP contribution in [0.2, 0.25) is 0 Å². The molecule has 0 saturated carbocycles. The zero-order chi connectivity index (χ0) is 9.68. The summed E-state index contributed by atoms with van der Waals surface area (Å²) < 4.78 is 0. The van der Waals surface area contributed by atoms with Crippen molar-refractivity contribution in [1.29, 1.82) is 0 Å². The molecule has 0 spiro atoms. The van der Waals surface area contributed by atoms with E-state index in [4.69, 9.17) is 0 Å². The van der Waals surface area contributed by atoms with E-state index in [0.29, 0.717) is 0 Å². The predicted molar refractivity (Wildman–Crippen MR) is 57.9 cm³/mol. The third-order valence-corrected chi connectivity index (χ3v) is 2.58. The summed E-state index contributed by atoms with van der Waals surface area (Å²) >= 11 is 0. The van der Waals surface area contributed by atoms with E-state index in [-0.39, 0.29) is 0 Å². The summed E-state index contributed by atoms with van der Waals surface area (Å²) in [6.07, 6.45) is 1.36. The second-order valence-corrected chi connectivity index (χ2v) is 4.16. The van der Waals surface area contributed by atoms with Gasteiger partial charge in [0, 0.05) is 19.6 Å². The topological polar surface area (TPSA) is 15.3 Å². The minimum Gasteiger partial charge on any atom is -0.313 e. The molecular weight excluding hydrogens is 160 g/mol. The number of nitrogens with one attached hydrogen (secondary N) is 1. The molecule has 2 heteroatoms. The van der Waals surface area contributed by atoms with E-state index in [0.717, 1.165) is 25.6 Å². The van der Waals surface area contributed by atoms with Gasteiger partial charge in [0.1, 0.15) is 0 Å². The van der Waals surface area contributed by atoms with Crippen LogP contribution in [0.4, 0.5) is 0 Å². The fourth-order valence-corrected chi connectivity index (χ4v) is 1.84. The first-order valence-corrected chi connectivity index (χ1v) is 5.32. The van der Waals surface area contributed by atoms with Gasteiger partial charge in [-0.1, -0.05) is 20.4 Å². The van der Waals surface area contributed by atoms with Crippen LogP contribution in [0.1, 0.15) is 20.3 Å². The van der Waals surface area contributed by atoms with Crippen molar-refractivity contribution in [3.05, 3.63) is 12.2 Å². The molecule has 1 atom stereocenters. The van der Waals surface area contributed by atoms with Crippen LogP contribution < -0.4 is 5.32 Å². The van der Waals surface area contributed by atoms with Crippen LogP contribution in [0.25, 0.3) is 0 Å². The highest BCUT2D eigenvalue weighted by Gasteiger charge is 2.18. The van der Waals surface area contributed by atoms with Crippen LogP contribution >= 0.6 is 0 Å². The van der Waals surface area contributed by atoms with Crippen molar-refractivity contribution < 1.29 is 0 Å². The molecule has 1 aliphatic rings. The van der Waals surface area contributed by atoms with Crippen LogP contribution in [0.3, 0.4) is 0 Å². The van der Waals surface area contributed by atoms with E-state index < -0.39 is 0 Å². The highest BCUT2D eigenvalue weighted by Crippen LogP contribution is 2.15. The van der Waals surface area contributed by atoms with E-state index in [9.17, 15) is 0 Å². The maximum absolute atomic E-state index is 4.08. The lowest BCUT2D eigenvalue weighted by molar-refractivity contribution is 0.353. The first-order valence-electron chi connectivity index (χ1n) is 5.32. The maximum atomic E-state index is 4.08. The normalized spacial score (nSPS) is 23.7. The van der Waals surface area contributed by atoms with Crippen molar-refractivity contribution in [3.63, 3.8) is 0 Å². The molecular formula is C11H22N2. The molecule has 0 radical (unpaired) electrons. The summed E-state index contributed by atoms with van der Waals surface area (Å²) in [5.74, 6) is 0.881. The van der Waals surface area contributed by atoms with E-state index in [1.807, 2.05) is 0 Å². The van der Waals surface area contributed by atoms with Gasteiger partial charge in [-0.15, -0.1) is 0 Å². The molecule has 2 nitrogen and oxygen atoms in total. The second-order valence-electron chi connectivity index (χ2n) is 4.16. The van der Waals surface area contributed by atoms with E-state index in [1.165, 1.54) is 25.1 Å². The summed E-state index contributed by atoms with van der Waals surface area (Å²) in [5.41, 5.74) is 1.32. The molecule has 1 saturated heterocycles. The third-order valence-electron chi connectivity index (χ3n) is 2.58. The van der Waals surface area contributed by atoms with Crippen molar-refractivity contribution in [2.45, 2.75) is 20.3 Å². The molecule has 1 rings (SSSR count). The molecule has 1 heterocycles. The quantitative estimate of drug-likeness (QED) is 0.648. The van der Waals surface area contributed by atoms with Crippen molar-refractivity contribution >= 4 is 0 Å². The highest BCUT2D eigenvalue weighted by molar-refractivity contribution is 5.00. The first kappa shape index (κ1) is 10.7. The molecule has 0 aliphatic carbocycles. The molecule has 1 fully saturated rings. The van der Waals surface area contributed by atoms with Crippen molar-refractivity contribution in [3.8, 4) is 0 Å². The minimum absolute atomic E-state index is 0.881. The summed E-state index contributed by atoms with van der Waals surface area (Å²) in [6, 6.07) is 0. The van der Waals surface area contributed by atoms with Gasteiger partial charge in [0.15, 0.2) is 0 Å². The number of hydrogen-bond donors (Lipinski definition) is 1. The van der Waals surface area contributed by atoms with Gasteiger partial charge in [-0.25, -0.2) is 0 Å². The number of likely N-dealkylation sites (N-methyl/N-ethyl adjacent to an activating group) is 1. The smallest absolute Gasteiger partial charge is 0.0202 e. The zero-order valence-electron chi connectivity index (χ0n) is 8.97. The lowest BCUT2D eigenvalue weighted by atomic mass is 10.2. The number of rotatable bonds is 5. The lowest BCUT2D eigenvalue weighted by Gasteiger charge is -2.16. The Kier molecular flexibility index (Phi) is 4.46. The van der Waals surface area contributed by atoms with Crippen molar-refractivity contribution in [2.24, 2.45) is 5.92 Å². The Morgan fingerprint density at radius 3 is 2.92 bits per heavy atom.